The van der Waals surface area contributed by atoms with E-state index in [1.54, 1.807) is 24.3 Å². The Bertz CT molecular complexity index is 817. The zero-order valence-electron chi connectivity index (χ0n) is 14.4. The monoisotopic (exact) mass is 326 g/mol. The Morgan fingerprint density at radius 2 is 1.75 bits per heavy atom. The number of aromatic hydroxyl groups is 1. The van der Waals surface area contributed by atoms with Crippen LogP contribution >= 0.6 is 0 Å². The van der Waals surface area contributed by atoms with Crippen LogP contribution in [0, 0.1) is 13.8 Å². The molecule has 0 fully saturated rings. The molecule has 3 rings (SSSR count). The lowest BCUT2D eigenvalue weighted by molar-refractivity contribution is 0.0696. The lowest BCUT2D eigenvalue weighted by Gasteiger charge is -2.35. The van der Waals surface area contributed by atoms with Gasteiger partial charge in [0, 0.05) is 11.1 Å². The number of hydrogen-bond acceptors (Lipinski definition) is 3. The summed E-state index contributed by atoms with van der Waals surface area (Å²) in [5, 5.41) is 19.8. The van der Waals surface area contributed by atoms with Crippen molar-refractivity contribution in [3.63, 3.8) is 0 Å². The molecule has 2 N–H and O–H groups in total. The standard InChI is InChI=1S/C20H22O4/c1-11-12(2)18-15(9-10-20(3,4)24-18)16(17(11)21)13-5-7-14(8-6-13)19(22)23/h5-8,21H,9-10H2,1-4H3,(H,22,23). The van der Waals surface area contributed by atoms with Crippen LogP contribution in [0.1, 0.15) is 47.3 Å². The van der Waals surface area contributed by atoms with Gasteiger partial charge in [0.15, 0.2) is 0 Å². The number of benzene rings is 2. The molecule has 0 aliphatic carbocycles. The summed E-state index contributed by atoms with van der Waals surface area (Å²) in [5.41, 5.74) is 4.31. The van der Waals surface area contributed by atoms with E-state index >= 15 is 0 Å². The van der Waals surface area contributed by atoms with Crippen molar-refractivity contribution in [2.24, 2.45) is 0 Å². The van der Waals surface area contributed by atoms with Crippen LogP contribution in [0.15, 0.2) is 24.3 Å². The van der Waals surface area contributed by atoms with E-state index in [9.17, 15) is 9.90 Å². The number of carboxylic acid groups (broad SMARTS) is 1. The normalized spacial score (nSPS) is 15.5. The van der Waals surface area contributed by atoms with Crippen molar-refractivity contribution in [2.45, 2.75) is 46.1 Å². The number of aromatic carboxylic acids is 1. The zero-order chi connectivity index (χ0) is 17.6. The molecule has 0 amide bonds. The van der Waals surface area contributed by atoms with Gasteiger partial charge in [0.2, 0.25) is 0 Å². The molecule has 126 valence electrons. The fourth-order valence-electron chi connectivity index (χ4n) is 3.24. The van der Waals surface area contributed by atoms with E-state index in [1.807, 2.05) is 13.8 Å². The topological polar surface area (TPSA) is 66.8 Å². The third kappa shape index (κ3) is 2.62. The van der Waals surface area contributed by atoms with Crippen LogP contribution in [0.3, 0.4) is 0 Å². The maximum absolute atomic E-state index is 11.0. The Kier molecular flexibility index (Phi) is 3.78. The molecule has 0 atom stereocenters. The van der Waals surface area contributed by atoms with E-state index in [0.717, 1.165) is 46.4 Å². The molecule has 2 aromatic rings. The van der Waals surface area contributed by atoms with Gasteiger partial charge in [-0.15, -0.1) is 0 Å². The average molecular weight is 326 g/mol. The molecule has 24 heavy (non-hydrogen) atoms. The summed E-state index contributed by atoms with van der Waals surface area (Å²) in [6, 6.07) is 6.61. The first kappa shape index (κ1) is 16.4. The van der Waals surface area contributed by atoms with Gasteiger partial charge in [-0.3, -0.25) is 0 Å². The quantitative estimate of drug-likeness (QED) is 0.854. The highest BCUT2D eigenvalue weighted by Crippen LogP contribution is 2.47. The number of rotatable bonds is 2. The minimum absolute atomic E-state index is 0.230. The summed E-state index contributed by atoms with van der Waals surface area (Å²) in [5.74, 6) is 0.134. The highest BCUT2D eigenvalue weighted by Gasteiger charge is 2.32. The summed E-state index contributed by atoms with van der Waals surface area (Å²) in [6.07, 6.45) is 1.68. The number of phenols is 1. The van der Waals surface area contributed by atoms with E-state index in [0.29, 0.717) is 0 Å². The van der Waals surface area contributed by atoms with Gasteiger partial charge in [-0.1, -0.05) is 12.1 Å². The minimum Gasteiger partial charge on any atom is -0.507 e. The predicted octanol–water partition coefficient (Wildman–Crippen LogP) is 4.48. The van der Waals surface area contributed by atoms with Crippen LogP contribution in [0.5, 0.6) is 11.5 Å². The maximum atomic E-state index is 11.0. The molecule has 4 heteroatoms. The SMILES string of the molecule is Cc1c(C)c2c(c(-c3ccc(C(=O)O)cc3)c1O)CCC(C)(C)O2. The van der Waals surface area contributed by atoms with Crippen molar-refractivity contribution in [2.75, 3.05) is 0 Å². The molecule has 0 unspecified atom stereocenters. The molecular formula is C20H22O4. The van der Waals surface area contributed by atoms with Crippen molar-refractivity contribution in [1.82, 2.24) is 0 Å². The van der Waals surface area contributed by atoms with E-state index in [4.69, 9.17) is 9.84 Å². The van der Waals surface area contributed by atoms with Crippen molar-refractivity contribution in [1.29, 1.82) is 0 Å². The second-order valence-corrected chi connectivity index (χ2v) is 7.03. The van der Waals surface area contributed by atoms with Crippen molar-refractivity contribution < 1.29 is 19.7 Å². The summed E-state index contributed by atoms with van der Waals surface area (Å²) >= 11 is 0. The highest BCUT2D eigenvalue weighted by atomic mass is 16.5. The van der Waals surface area contributed by atoms with Gasteiger partial charge in [-0.25, -0.2) is 4.79 Å². The first-order chi connectivity index (χ1) is 11.2. The molecule has 2 aromatic carbocycles. The molecular weight excluding hydrogens is 304 g/mol. The number of carbonyl (C=O) groups is 1. The molecule has 4 nitrogen and oxygen atoms in total. The minimum atomic E-state index is -0.960. The van der Waals surface area contributed by atoms with Crippen LogP contribution in [0.25, 0.3) is 11.1 Å². The van der Waals surface area contributed by atoms with E-state index in [-0.39, 0.29) is 16.9 Å². The fourth-order valence-corrected chi connectivity index (χ4v) is 3.24. The predicted molar refractivity (Wildman–Crippen MR) is 93.0 cm³/mol. The second kappa shape index (κ2) is 5.55. The van der Waals surface area contributed by atoms with Gasteiger partial charge in [0.05, 0.1) is 5.56 Å². The fraction of sp³-hybridized carbons (Fsp3) is 0.350. The largest absolute Gasteiger partial charge is 0.507 e. The van der Waals surface area contributed by atoms with Gasteiger partial charge in [0.1, 0.15) is 17.1 Å². The molecule has 0 aromatic heterocycles. The molecule has 1 aliphatic rings. The summed E-state index contributed by atoms with van der Waals surface area (Å²) < 4.78 is 6.20. The Labute approximate surface area is 141 Å². The molecule has 0 spiro atoms. The molecule has 0 saturated carbocycles. The van der Waals surface area contributed by atoms with E-state index < -0.39 is 5.97 Å². The number of carboxylic acids is 1. The second-order valence-electron chi connectivity index (χ2n) is 7.03. The first-order valence-corrected chi connectivity index (χ1v) is 8.09. The Balaban J connectivity index is 2.21. The van der Waals surface area contributed by atoms with Gasteiger partial charge in [0.25, 0.3) is 0 Å². The van der Waals surface area contributed by atoms with Crippen molar-refractivity contribution in [3.8, 4) is 22.6 Å². The van der Waals surface area contributed by atoms with Gasteiger partial charge < -0.3 is 14.9 Å². The van der Waals surface area contributed by atoms with Crippen molar-refractivity contribution >= 4 is 5.97 Å². The van der Waals surface area contributed by atoms with E-state index in [1.165, 1.54) is 0 Å². The summed E-state index contributed by atoms with van der Waals surface area (Å²) in [7, 11) is 0. The first-order valence-electron chi connectivity index (χ1n) is 8.09. The van der Waals surface area contributed by atoms with Crippen molar-refractivity contribution in [3.05, 3.63) is 46.5 Å². The van der Waals surface area contributed by atoms with Crippen LogP contribution in [0.2, 0.25) is 0 Å². The highest BCUT2D eigenvalue weighted by molar-refractivity contribution is 5.89. The smallest absolute Gasteiger partial charge is 0.335 e. The van der Waals surface area contributed by atoms with Crippen LogP contribution in [-0.4, -0.2) is 21.8 Å². The molecule has 1 aliphatic heterocycles. The number of phenolic OH excluding ortho intramolecular Hbond substituents is 1. The maximum Gasteiger partial charge on any atom is 0.335 e. The van der Waals surface area contributed by atoms with Gasteiger partial charge in [-0.2, -0.15) is 0 Å². The average Bonchev–Trinajstić information content (AvgIpc) is 2.53. The third-order valence-corrected chi connectivity index (χ3v) is 4.85. The zero-order valence-corrected chi connectivity index (χ0v) is 14.4. The molecule has 0 saturated heterocycles. The lowest BCUT2D eigenvalue weighted by Crippen LogP contribution is -2.33. The Hall–Kier alpha value is -2.49. The Morgan fingerprint density at radius 3 is 2.33 bits per heavy atom. The van der Waals surface area contributed by atoms with E-state index in [2.05, 4.69) is 13.8 Å². The number of ether oxygens (including phenoxy) is 1. The molecule has 1 heterocycles. The van der Waals surface area contributed by atoms with Crippen LogP contribution in [0.4, 0.5) is 0 Å². The Morgan fingerprint density at radius 1 is 1.12 bits per heavy atom. The van der Waals surface area contributed by atoms with Crippen LogP contribution in [-0.2, 0) is 6.42 Å². The lowest BCUT2D eigenvalue weighted by atomic mass is 9.85. The third-order valence-electron chi connectivity index (χ3n) is 4.85. The molecule has 0 bridgehead atoms. The summed E-state index contributed by atoms with van der Waals surface area (Å²) in [6.45, 7) is 7.98. The van der Waals surface area contributed by atoms with Gasteiger partial charge >= 0.3 is 5.97 Å². The number of hydrogen-bond donors (Lipinski definition) is 2. The van der Waals surface area contributed by atoms with Crippen LogP contribution < -0.4 is 4.74 Å². The van der Waals surface area contributed by atoms with Gasteiger partial charge in [-0.05, 0) is 69.4 Å². The summed E-state index contributed by atoms with van der Waals surface area (Å²) in [4.78, 5) is 11.0. The molecule has 0 radical (unpaired) electrons. The number of fused-ring (bicyclic) bond motifs is 1.